The molecule has 1 N–H and O–H groups in total. The van der Waals surface area contributed by atoms with Crippen molar-refractivity contribution < 1.29 is 23.8 Å². The van der Waals surface area contributed by atoms with Crippen LogP contribution in [0.15, 0.2) is 48.5 Å². The summed E-state index contributed by atoms with van der Waals surface area (Å²) in [6, 6.07) is 12.2. The lowest BCUT2D eigenvalue weighted by molar-refractivity contribution is -0.111. The fourth-order valence-corrected chi connectivity index (χ4v) is 2.51. The Morgan fingerprint density at radius 1 is 1.08 bits per heavy atom. The maximum atomic E-state index is 12.2. The predicted octanol–water partition coefficient (Wildman–Crippen LogP) is 3.29. The second kappa shape index (κ2) is 8.20. The number of amides is 1. The minimum absolute atomic E-state index is 0.298. The van der Waals surface area contributed by atoms with Crippen LogP contribution in [-0.4, -0.2) is 32.2 Å². The molecule has 0 aliphatic carbocycles. The van der Waals surface area contributed by atoms with Gasteiger partial charge in [0.2, 0.25) is 5.91 Å². The van der Waals surface area contributed by atoms with Crippen LogP contribution in [-0.2, 0) is 9.53 Å². The molecule has 1 amide bonds. The summed E-state index contributed by atoms with van der Waals surface area (Å²) >= 11 is 0. The molecule has 2 aromatic rings. The van der Waals surface area contributed by atoms with Gasteiger partial charge in [-0.3, -0.25) is 4.79 Å². The van der Waals surface area contributed by atoms with E-state index in [4.69, 9.17) is 14.2 Å². The summed E-state index contributed by atoms with van der Waals surface area (Å²) in [4.78, 5) is 23.9. The summed E-state index contributed by atoms with van der Waals surface area (Å²) in [5, 5.41) is 2.69. The van der Waals surface area contributed by atoms with Gasteiger partial charge < -0.3 is 19.5 Å². The third kappa shape index (κ3) is 4.22. The standard InChI is InChI=1S/C20H19NO5/c1-24-20(23)15-5-2-3-6-16(15)21-19(22)10-8-14-7-9-17-18(13-14)26-12-4-11-25-17/h2-3,5-10,13H,4,11-12H2,1H3,(H,21,22)/b10-8+. The summed E-state index contributed by atoms with van der Waals surface area (Å²) in [6.07, 6.45) is 3.90. The highest BCUT2D eigenvalue weighted by Gasteiger charge is 2.12. The van der Waals surface area contributed by atoms with Crippen molar-refractivity contribution >= 4 is 23.6 Å². The van der Waals surface area contributed by atoms with Crippen molar-refractivity contribution in [2.24, 2.45) is 0 Å². The molecule has 0 fully saturated rings. The smallest absolute Gasteiger partial charge is 0.339 e. The average Bonchev–Trinajstić information content (AvgIpc) is 2.91. The summed E-state index contributed by atoms with van der Waals surface area (Å²) in [7, 11) is 1.30. The fraction of sp³-hybridized carbons (Fsp3) is 0.200. The van der Waals surface area contributed by atoms with Gasteiger partial charge >= 0.3 is 5.97 Å². The Morgan fingerprint density at radius 2 is 1.85 bits per heavy atom. The Morgan fingerprint density at radius 3 is 2.65 bits per heavy atom. The van der Waals surface area contributed by atoms with Crippen molar-refractivity contribution in [2.75, 3.05) is 25.6 Å². The summed E-state index contributed by atoms with van der Waals surface area (Å²) in [5.41, 5.74) is 1.51. The molecule has 6 heteroatoms. The molecule has 0 aromatic heterocycles. The highest BCUT2D eigenvalue weighted by atomic mass is 16.5. The van der Waals surface area contributed by atoms with Gasteiger partial charge in [-0.15, -0.1) is 0 Å². The molecular weight excluding hydrogens is 334 g/mol. The molecule has 134 valence electrons. The summed E-state index contributed by atoms with van der Waals surface area (Å²) in [6.45, 7) is 1.23. The molecule has 1 aliphatic rings. The normalized spacial score (nSPS) is 13.1. The lowest BCUT2D eigenvalue weighted by Gasteiger charge is -2.08. The zero-order valence-corrected chi connectivity index (χ0v) is 14.4. The number of hydrogen-bond acceptors (Lipinski definition) is 5. The van der Waals surface area contributed by atoms with Crippen LogP contribution >= 0.6 is 0 Å². The molecule has 2 aromatic carbocycles. The molecule has 0 spiro atoms. The van der Waals surface area contributed by atoms with Crippen molar-refractivity contribution in [3.63, 3.8) is 0 Å². The third-order valence-corrected chi connectivity index (χ3v) is 3.79. The molecule has 1 heterocycles. The van der Waals surface area contributed by atoms with Crippen molar-refractivity contribution in [3.8, 4) is 11.5 Å². The highest BCUT2D eigenvalue weighted by Crippen LogP contribution is 2.30. The third-order valence-electron chi connectivity index (χ3n) is 3.79. The van der Waals surface area contributed by atoms with E-state index in [1.807, 2.05) is 18.2 Å². The zero-order valence-electron chi connectivity index (χ0n) is 14.4. The number of para-hydroxylation sites is 1. The number of rotatable bonds is 4. The van der Waals surface area contributed by atoms with Crippen LogP contribution < -0.4 is 14.8 Å². The van der Waals surface area contributed by atoms with Crippen LogP contribution in [0.2, 0.25) is 0 Å². The zero-order chi connectivity index (χ0) is 18.4. The van der Waals surface area contributed by atoms with Crippen molar-refractivity contribution in [3.05, 3.63) is 59.7 Å². The number of benzene rings is 2. The Labute approximate surface area is 151 Å². The van der Waals surface area contributed by atoms with Crippen molar-refractivity contribution in [1.82, 2.24) is 0 Å². The van der Waals surface area contributed by atoms with E-state index in [9.17, 15) is 9.59 Å². The topological polar surface area (TPSA) is 73.9 Å². The molecule has 0 bridgehead atoms. The number of carbonyl (C=O) groups excluding carboxylic acids is 2. The Bertz CT molecular complexity index is 844. The van der Waals surface area contributed by atoms with E-state index in [0.717, 1.165) is 12.0 Å². The largest absolute Gasteiger partial charge is 0.490 e. The number of ether oxygens (including phenoxy) is 3. The monoisotopic (exact) mass is 353 g/mol. The highest BCUT2D eigenvalue weighted by molar-refractivity contribution is 6.06. The van der Waals surface area contributed by atoms with E-state index in [0.29, 0.717) is 36.0 Å². The quantitative estimate of drug-likeness (QED) is 0.674. The maximum absolute atomic E-state index is 12.2. The lowest BCUT2D eigenvalue weighted by Crippen LogP contribution is -2.12. The first-order chi connectivity index (χ1) is 12.7. The van der Waals surface area contributed by atoms with E-state index >= 15 is 0 Å². The Balaban J connectivity index is 1.71. The van der Waals surface area contributed by atoms with E-state index in [2.05, 4.69) is 5.32 Å². The fourth-order valence-electron chi connectivity index (χ4n) is 2.51. The molecule has 0 saturated carbocycles. The molecule has 0 atom stereocenters. The van der Waals surface area contributed by atoms with Gasteiger partial charge in [-0.05, 0) is 35.9 Å². The van der Waals surface area contributed by atoms with E-state index in [1.54, 1.807) is 30.3 Å². The van der Waals surface area contributed by atoms with Crippen LogP contribution in [0.4, 0.5) is 5.69 Å². The molecule has 3 rings (SSSR count). The molecule has 0 unspecified atom stereocenters. The molecule has 26 heavy (non-hydrogen) atoms. The molecular formula is C20H19NO5. The van der Waals surface area contributed by atoms with Gasteiger partial charge in [-0.25, -0.2) is 4.79 Å². The lowest BCUT2D eigenvalue weighted by atomic mass is 10.1. The van der Waals surface area contributed by atoms with Gasteiger partial charge in [0.1, 0.15) is 0 Å². The first-order valence-electron chi connectivity index (χ1n) is 8.23. The Kier molecular flexibility index (Phi) is 5.53. The number of hydrogen-bond donors (Lipinski definition) is 1. The van der Waals surface area contributed by atoms with Crippen molar-refractivity contribution in [2.45, 2.75) is 6.42 Å². The van der Waals surface area contributed by atoms with Gasteiger partial charge in [-0.2, -0.15) is 0 Å². The number of carbonyl (C=O) groups is 2. The SMILES string of the molecule is COC(=O)c1ccccc1NC(=O)/C=C/c1ccc2c(c1)OCCCO2. The van der Waals surface area contributed by atoms with Crippen molar-refractivity contribution in [1.29, 1.82) is 0 Å². The predicted molar refractivity (Wildman–Crippen MR) is 97.5 cm³/mol. The number of esters is 1. The Hall–Kier alpha value is -3.28. The van der Waals surface area contributed by atoms with Crippen LogP contribution in [0.25, 0.3) is 6.08 Å². The number of methoxy groups -OCH3 is 1. The maximum Gasteiger partial charge on any atom is 0.339 e. The van der Waals surface area contributed by atoms with Gasteiger partial charge in [0, 0.05) is 12.5 Å². The van der Waals surface area contributed by atoms with Gasteiger partial charge in [0.05, 0.1) is 31.6 Å². The summed E-state index contributed by atoms with van der Waals surface area (Å²) < 4.78 is 15.9. The van der Waals surface area contributed by atoms with E-state index in [1.165, 1.54) is 13.2 Å². The average molecular weight is 353 g/mol. The van der Waals surface area contributed by atoms with Crippen LogP contribution in [0.5, 0.6) is 11.5 Å². The minimum Gasteiger partial charge on any atom is -0.490 e. The van der Waals surface area contributed by atoms with Gasteiger partial charge in [-0.1, -0.05) is 18.2 Å². The number of nitrogens with one attached hydrogen (secondary N) is 1. The molecule has 1 aliphatic heterocycles. The van der Waals surface area contributed by atoms with Gasteiger partial charge in [0.15, 0.2) is 11.5 Å². The first-order valence-corrected chi connectivity index (χ1v) is 8.23. The second-order valence-corrected chi connectivity index (χ2v) is 5.62. The van der Waals surface area contributed by atoms with Crippen LogP contribution in [0, 0.1) is 0 Å². The van der Waals surface area contributed by atoms with E-state index in [-0.39, 0.29) is 5.91 Å². The molecule has 6 nitrogen and oxygen atoms in total. The molecule has 0 radical (unpaired) electrons. The minimum atomic E-state index is -0.507. The number of anilines is 1. The van der Waals surface area contributed by atoms with Gasteiger partial charge in [0.25, 0.3) is 0 Å². The van der Waals surface area contributed by atoms with Crippen LogP contribution in [0.1, 0.15) is 22.3 Å². The second-order valence-electron chi connectivity index (χ2n) is 5.62. The number of fused-ring (bicyclic) bond motifs is 1. The first kappa shape index (κ1) is 17.5. The summed E-state index contributed by atoms with van der Waals surface area (Å²) in [5.74, 6) is 0.512. The van der Waals surface area contributed by atoms with E-state index < -0.39 is 5.97 Å². The molecule has 0 saturated heterocycles. The van der Waals surface area contributed by atoms with Crippen LogP contribution in [0.3, 0.4) is 0 Å².